The summed E-state index contributed by atoms with van der Waals surface area (Å²) in [5.74, 6) is 0.566. The molecule has 0 spiro atoms. The SMILES string of the molecule is CCCCCCCCCCCCOc1ccc(/C=C/C(=O)OCCCCCC[Si](OCC)(OCC)OCC)cc1. The minimum Gasteiger partial charge on any atom is -0.494 e. The second-order valence-corrected chi connectivity index (χ2v) is 13.0. The number of hydrogen-bond donors (Lipinski definition) is 0. The first-order valence-electron chi connectivity index (χ1n) is 16.1. The van der Waals surface area contributed by atoms with Crippen LogP contribution in [0.3, 0.4) is 0 Å². The van der Waals surface area contributed by atoms with Crippen LogP contribution in [0.15, 0.2) is 30.3 Å². The van der Waals surface area contributed by atoms with Gasteiger partial charge in [-0.25, -0.2) is 4.79 Å². The standard InChI is InChI=1S/C33H58O6Si/c1-5-9-10-11-12-13-14-15-16-19-28-35-32-25-22-31(23-26-32)24-27-33(34)36-29-20-17-18-21-30-40(37-6-2,38-7-3)39-8-4/h22-27H,5-21,28-30H2,1-4H3/b27-24+. The second-order valence-electron chi connectivity index (χ2n) is 10.2. The van der Waals surface area contributed by atoms with E-state index in [0.29, 0.717) is 26.4 Å². The third-order valence-corrected chi connectivity index (χ3v) is 9.92. The number of esters is 1. The highest BCUT2D eigenvalue weighted by Crippen LogP contribution is 2.20. The first kappa shape index (κ1) is 36.4. The Morgan fingerprint density at radius 3 is 1.70 bits per heavy atom. The lowest BCUT2D eigenvalue weighted by atomic mass is 10.1. The largest absolute Gasteiger partial charge is 0.500 e. The summed E-state index contributed by atoms with van der Waals surface area (Å²) in [5, 5.41) is 0. The number of carbonyl (C=O) groups is 1. The van der Waals surface area contributed by atoms with Crippen LogP contribution in [0, 0.1) is 0 Å². The van der Waals surface area contributed by atoms with E-state index in [0.717, 1.165) is 56.1 Å². The maximum Gasteiger partial charge on any atom is 0.500 e. The fourth-order valence-electron chi connectivity index (χ4n) is 4.64. The van der Waals surface area contributed by atoms with Gasteiger partial charge >= 0.3 is 14.8 Å². The lowest BCUT2D eigenvalue weighted by molar-refractivity contribution is -0.137. The molecule has 0 atom stereocenters. The Bertz CT molecular complexity index is 735. The van der Waals surface area contributed by atoms with Gasteiger partial charge in [0, 0.05) is 31.9 Å². The van der Waals surface area contributed by atoms with Crippen LogP contribution in [-0.2, 0) is 22.8 Å². The lowest BCUT2D eigenvalue weighted by Crippen LogP contribution is -2.45. The van der Waals surface area contributed by atoms with E-state index < -0.39 is 8.80 Å². The molecule has 6 nitrogen and oxygen atoms in total. The number of carbonyl (C=O) groups excluding carboxylic acids is 1. The molecule has 0 aliphatic heterocycles. The van der Waals surface area contributed by atoms with Crippen LogP contribution in [0.2, 0.25) is 6.04 Å². The quantitative estimate of drug-likeness (QED) is 0.0449. The molecule has 40 heavy (non-hydrogen) atoms. The third-order valence-electron chi connectivity index (χ3n) is 6.77. The predicted octanol–water partition coefficient (Wildman–Crippen LogP) is 9.15. The highest BCUT2D eigenvalue weighted by molar-refractivity contribution is 6.60. The van der Waals surface area contributed by atoms with Crippen LogP contribution in [0.1, 0.15) is 123 Å². The van der Waals surface area contributed by atoms with Crippen LogP contribution in [0.4, 0.5) is 0 Å². The summed E-state index contributed by atoms with van der Waals surface area (Å²) in [6.07, 6.45) is 20.4. The van der Waals surface area contributed by atoms with Crippen molar-refractivity contribution in [3.05, 3.63) is 35.9 Å². The summed E-state index contributed by atoms with van der Waals surface area (Å²) < 4.78 is 28.9. The highest BCUT2D eigenvalue weighted by atomic mass is 28.4. The van der Waals surface area contributed by atoms with Gasteiger partial charge in [0.25, 0.3) is 0 Å². The van der Waals surface area contributed by atoms with Crippen LogP contribution < -0.4 is 4.74 Å². The Kier molecular flexibility index (Phi) is 22.8. The zero-order chi connectivity index (χ0) is 29.2. The molecule has 0 heterocycles. The van der Waals surface area contributed by atoms with Gasteiger partial charge in [0.15, 0.2) is 0 Å². The summed E-state index contributed by atoms with van der Waals surface area (Å²) in [4.78, 5) is 12.1. The summed E-state index contributed by atoms with van der Waals surface area (Å²) in [5.41, 5.74) is 0.953. The molecule has 7 heteroatoms. The monoisotopic (exact) mass is 578 g/mol. The lowest BCUT2D eigenvalue weighted by Gasteiger charge is -2.28. The minimum atomic E-state index is -2.55. The Hall–Kier alpha value is -1.67. The van der Waals surface area contributed by atoms with Crippen molar-refractivity contribution in [1.82, 2.24) is 0 Å². The first-order valence-corrected chi connectivity index (χ1v) is 18.0. The number of rotatable bonds is 27. The molecule has 0 bridgehead atoms. The normalized spacial score (nSPS) is 11.8. The van der Waals surface area contributed by atoms with Gasteiger partial charge in [0.05, 0.1) is 13.2 Å². The fraction of sp³-hybridized carbons (Fsp3) is 0.727. The fourth-order valence-corrected chi connectivity index (χ4v) is 7.32. The van der Waals surface area contributed by atoms with Crippen molar-refractivity contribution < 1.29 is 27.5 Å². The highest BCUT2D eigenvalue weighted by Gasteiger charge is 2.39. The molecule has 0 fully saturated rings. The molecular weight excluding hydrogens is 520 g/mol. The summed E-state index contributed by atoms with van der Waals surface area (Å²) >= 11 is 0. The van der Waals surface area contributed by atoms with Crippen molar-refractivity contribution in [3.8, 4) is 5.75 Å². The molecule has 0 unspecified atom stereocenters. The molecule has 1 aromatic carbocycles. The predicted molar refractivity (Wildman–Crippen MR) is 168 cm³/mol. The topological polar surface area (TPSA) is 63.2 Å². The van der Waals surface area contributed by atoms with E-state index >= 15 is 0 Å². The Morgan fingerprint density at radius 2 is 1.15 bits per heavy atom. The van der Waals surface area contributed by atoms with Crippen molar-refractivity contribution in [2.24, 2.45) is 0 Å². The molecule has 0 aliphatic carbocycles. The Balaban J connectivity index is 2.12. The molecule has 1 rings (SSSR count). The van der Waals surface area contributed by atoms with Crippen molar-refractivity contribution in [1.29, 1.82) is 0 Å². The van der Waals surface area contributed by atoms with Gasteiger partial charge in [-0.2, -0.15) is 0 Å². The minimum absolute atomic E-state index is 0.309. The van der Waals surface area contributed by atoms with Gasteiger partial charge in [0.1, 0.15) is 5.75 Å². The summed E-state index contributed by atoms with van der Waals surface area (Å²) in [6, 6.07) is 8.68. The number of ether oxygens (including phenoxy) is 2. The molecule has 1 aromatic rings. The van der Waals surface area contributed by atoms with Gasteiger partial charge in [-0.15, -0.1) is 0 Å². The van der Waals surface area contributed by atoms with Crippen LogP contribution in [0.25, 0.3) is 6.08 Å². The van der Waals surface area contributed by atoms with Crippen LogP contribution in [0.5, 0.6) is 5.75 Å². The molecule has 0 radical (unpaired) electrons. The van der Waals surface area contributed by atoms with Crippen molar-refractivity contribution >= 4 is 20.8 Å². The molecule has 0 saturated heterocycles. The van der Waals surface area contributed by atoms with E-state index in [1.54, 1.807) is 6.08 Å². The summed E-state index contributed by atoms with van der Waals surface area (Å²) in [7, 11) is -2.55. The van der Waals surface area contributed by atoms with E-state index in [2.05, 4.69) is 6.92 Å². The molecule has 0 aromatic heterocycles. The molecule has 0 N–H and O–H groups in total. The molecular formula is C33H58O6Si. The van der Waals surface area contributed by atoms with E-state index in [9.17, 15) is 4.79 Å². The van der Waals surface area contributed by atoms with Crippen LogP contribution >= 0.6 is 0 Å². The Labute approximate surface area is 246 Å². The second kappa shape index (κ2) is 25.1. The zero-order valence-electron chi connectivity index (χ0n) is 26.1. The number of benzene rings is 1. The van der Waals surface area contributed by atoms with Gasteiger partial charge in [0.2, 0.25) is 0 Å². The van der Waals surface area contributed by atoms with Gasteiger partial charge < -0.3 is 22.8 Å². The Morgan fingerprint density at radius 1 is 0.650 bits per heavy atom. The molecule has 0 saturated carbocycles. The third kappa shape index (κ3) is 18.6. The van der Waals surface area contributed by atoms with Crippen LogP contribution in [-0.4, -0.2) is 47.8 Å². The number of unbranched alkanes of at least 4 members (excludes halogenated alkanes) is 12. The first-order chi connectivity index (χ1) is 19.6. The molecule has 230 valence electrons. The van der Waals surface area contributed by atoms with Gasteiger partial charge in [-0.3, -0.25) is 0 Å². The van der Waals surface area contributed by atoms with E-state index in [1.807, 2.05) is 45.0 Å². The zero-order valence-corrected chi connectivity index (χ0v) is 27.1. The van der Waals surface area contributed by atoms with Crippen molar-refractivity contribution in [2.45, 2.75) is 124 Å². The van der Waals surface area contributed by atoms with Gasteiger partial charge in [-0.05, 0) is 63.8 Å². The van der Waals surface area contributed by atoms with Gasteiger partial charge in [-0.1, -0.05) is 89.7 Å². The van der Waals surface area contributed by atoms with Crippen molar-refractivity contribution in [3.63, 3.8) is 0 Å². The van der Waals surface area contributed by atoms with Crippen molar-refractivity contribution in [2.75, 3.05) is 33.0 Å². The summed E-state index contributed by atoms with van der Waals surface area (Å²) in [6.45, 7) is 11.2. The van der Waals surface area contributed by atoms with E-state index in [1.165, 1.54) is 63.9 Å². The maximum absolute atomic E-state index is 12.1. The van der Waals surface area contributed by atoms with E-state index in [-0.39, 0.29) is 5.97 Å². The van der Waals surface area contributed by atoms with E-state index in [4.69, 9.17) is 22.8 Å². The maximum atomic E-state index is 12.1. The molecule has 0 amide bonds. The smallest absolute Gasteiger partial charge is 0.494 e. The molecule has 0 aliphatic rings. The average Bonchev–Trinajstić information content (AvgIpc) is 2.95. The number of hydrogen-bond acceptors (Lipinski definition) is 6. The average molecular weight is 579 g/mol.